The van der Waals surface area contributed by atoms with Gasteiger partial charge in [-0.2, -0.15) is 0 Å². The molecule has 2 nitrogen and oxygen atoms in total. The molecule has 1 aliphatic heterocycles. The minimum atomic E-state index is -1.36. The Kier molecular flexibility index (Phi) is 5.73. The smallest absolute Gasteiger partial charge is 0.0962 e. The van der Waals surface area contributed by atoms with Crippen molar-refractivity contribution in [2.45, 2.75) is 51.6 Å². The molecular formula is C25H33NOSSi. The molecule has 0 radical (unpaired) electrons. The molecule has 2 aromatic carbocycles. The lowest BCUT2D eigenvalue weighted by atomic mass is 9.74. The number of rotatable bonds is 5. The molecule has 1 saturated heterocycles. The summed E-state index contributed by atoms with van der Waals surface area (Å²) in [5.41, 5.74) is 1.78. The van der Waals surface area contributed by atoms with Gasteiger partial charge in [-0.05, 0) is 34.4 Å². The standard InChI is InChI=1S/C25H33NOSSi/c1-5-21-18-26(17-19-10-7-6-8-11-19)15-14-25(21,27)22-13-9-12-20-16-23(28-24(20)22)29(2,3)4/h6-13,16,21,27H,5,14-15,17-18H2,1-4H3. The van der Waals surface area contributed by atoms with Gasteiger partial charge in [0.05, 0.1) is 13.7 Å². The van der Waals surface area contributed by atoms with Gasteiger partial charge in [0.15, 0.2) is 0 Å². The Labute approximate surface area is 180 Å². The van der Waals surface area contributed by atoms with Crippen LogP contribution in [0.25, 0.3) is 10.1 Å². The summed E-state index contributed by atoms with van der Waals surface area (Å²) in [4.78, 5) is 2.51. The molecule has 4 rings (SSSR count). The van der Waals surface area contributed by atoms with Crippen molar-refractivity contribution in [1.29, 1.82) is 0 Å². The van der Waals surface area contributed by atoms with Crippen molar-refractivity contribution in [3.8, 4) is 0 Å². The summed E-state index contributed by atoms with van der Waals surface area (Å²) in [6.45, 7) is 12.3. The lowest BCUT2D eigenvalue weighted by molar-refractivity contribution is -0.0799. The van der Waals surface area contributed by atoms with Crippen molar-refractivity contribution in [2.75, 3.05) is 13.1 Å². The van der Waals surface area contributed by atoms with Crippen molar-refractivity contribution in [2.24, 2.45) is 5.92 Å². The van der Waals surface area contributed by atoms with Gasteiger partial charge < -0.3 is 5.11 Å². The van der Waals surface area contributed by atoms with E-state index in [4.69, 9.17) is 0 Å². The summed E-state index contributed by atoms with van der Waals surface area (Å²) in [6, 6.07) is 19.6. The van der Waals surface area contributed by atoms with Gasteiger partial charge >= 0.3 is 0 Å². The molecule has 0 spiro atoms. The molecule has 1 fully saturated rings. The second kappa shape index (κ2) is 7.99. The average Bonchev–Trinajstić information content (AvgIpc) is 3.15. The highest BCUT2D eigenvalue weighted by molar-refractivity contribution is 7.31. The second-order valence-electron chi connectivity index (χ2n) is 9.58. The number of likely N-dealkylation sites (tertiary alicyclic amines) is 1. The summed E-state index contributed by atoms with van der Waals surface area (Å²) < 4.78 is 2.83. The van der Waals surface area contributed by atoms with Crippen molar-refractivity contribution < 1.29 is 5.11 Å². The van der Waals surface area contributed by atoms with E-state index in [1.807, 2.05) is 11.3 Å². The van der Waals surface area contributed by atoms with Gasteiger partial charge in [0, 0.05) is 35.8 Å². The Morgan fingerprint density at radius 2 is 1.86 bits per heavy atom. The Morgan fingerprint density at radius 3 is 2.55 bits per heavy atom. The molecule has 0 amide bonds. The van der Waals surface area contributed by atoms with E-state index >= 15 is 0 Å². The Bertz CT molecular complexity index is 977. The number of thiophene rings is 1. The lowest BCUT2D eigenvalue weighted by Gasteiger charge is -2.45. The molecule has 4 heteroatoms. The number of benzene rings is 2. The molecule has 2 atom stereocenters. The van der Waals surface area contributed by atoms with Crippen LogP contribution in [0.4, 0.5) is 0 Å². The molecule has 2 unspecified atom stereocenters. The van der Waals surface area contributed by atoms with Crippen molar-refractivity contribution in [3.63, 3.8) is 0 Å². The van der Waals surface area contributed by atoms with Gasteiger partial charge in [-0.15, -0.1) is 11.3 Å². The minimum absolute atomic E-state index is 0.253. The number of nitrogens with zero attached hydrogens (tertiary/aromatic N) is 1. The summed E-state index contributed by atoms with van der Waals surface area (Å²) >= 11 is 1.93. The molecule has 3 aromatic rings. The van der Waals surface area contributed by atoms with Crippen LogP contribution < -0.4 is 4.50 Å². The normalized spacial score (nSPS) is 23.6. The van der Waals surface area contributed by atoms with E-state index < -0.39 is 13.7 Å². The lowest BCUT2D eigenvalue weighted by Crippen LogP contribution is -2.49. The monoisotopic (exact) mass is 423 g/mol. The Morgan fingerprint density at radius 1 is 1.10 bits per heavy atom. The number of aliphatic hydroxyl groups is 1. The molecule has 1 aromatic heterocycles. The Balaban J connectivity index is 1.65. The van der Waals surface area contributed by atoms with E-state index in [9.17, 15) is 5.11 Å². The molecule has 1 N–H and O–H groups in total. The van der Waals surface area contributed by atoms with Crippen molar-refractivity contribution >= 4 is 34.0 Å². The molecular weight excluding hydrogens is 390 g/mol. The maximum absolute atomic E-state index is 12.0. The molecule has 2 heterocycles. The van der Waals surface area contributed by atoms with Crippen LogP contribution in [-0.4, -0.2) is 31.2 Å². The van der Waals surface area contributed by atoms with Crippen LogP contribution in [0.2, 0.25) is 19.6 Å². The quantitative estimate of drug-likeness (QED) is 0.543. The highest BCUT2D eigenvalue weighted by atomic mass is 32.1. The van der Waals surface area contributed by atoms with E-state index in [0.29, 0.717) is 0 Å². The third-order valence-corrected chi connectivity index (χ3v) is 11.2. The minimum Gasteiger partial charge on any atom is -0.385 e. The first-order valence-corrected chi connectivity index (χ1v) is 15.1. The first-order chi connectivity index (χ1) is 13.8. The number of piperidine rings is 1. The second-order valence-corrected chi connectivity index (χ2v) is 16.0. The van der Waals surface area contributed by atoms with Crippen LogP contribution in [0.5, 0.6) is 0 Å². The van der Waals surface area contributed by atoms with Crippen LogP contribution in [-0.2, 0) is 12.1 Å². The van der Waals surface area contributed by atoms with Crippen LogP contribution in [0.15, 0.2) is 54.6 Å². The molecule has 154 valence electrons. The first kappa shape index (κ1) is 20.8. The first-order valence-electron chi connectivity index (χ1n) is 10.8. The Hall–Kier alpha value is -1.46. The maximum atomic E-state index is 12.0. The summed E-state index contributed by atoms with van der Waals surface area (Å²) in [5, 5.41) is 13.3. The van der Waals surface area contributed by atoms with Crippen LogP contribution in [0, 0.1) is 5.92 Å². The predicted octanol–water partition coefficient (Wildman–Crippen LogP) is 5.57. The molecule has 0 saturated carbocycles. The fraction of sp³-hybridized carbons (Fsp3) is 0.440. The number of hydrogen-bond donors (Lipinski definition) is 1. The van der Waals surface area contributed by atoms with Crippen LogP contribution in [0.3, 0.4) is 0 Å². The largest absolute Gasteiger partial charge is 0.385 e. The third kappa shape index (κ3) is 4.09. The van der Waals surface area contributed by atoms with E-state index in [0.717, 1.165) is 38.0 Å². The van der Waals surface area contributed by atoms with Gasteiger partial charge in [0.2, 0.25) is 0 Å². The van der Waals surface area contributed by atoms with Gasteiger partial charge in [-0.3, -0.25) is 4.90 Å². The molecule has 29 heavy (non-hydrogen) atoms. The van der Waals surface area contributed by atoms with E-state index in [1.54, 1.807) is 0 Å². The van der Waals surface area contributed by atoms with Crippen molar-refractivity contribution in [3.05, 3.63) is 65.7 Å². The predicted molar refractivity (Wildman–Crippen MR) is 129 cm³/mol. The zero-order chi connectivity index (χ0) is 20.6. The van der Waals surface area contributed by atoms with Crippen LogP contribution >= 0.6 is 11.3 Å². The highest BCUT2D eigenvalue weighted by Crippen LogP contribution is 2.43. The zero-order valence-corrected chi connectivity index (χ0v) is 19.9. The zero-order valence-electron chi connectivity index (χ0n) is 18.1. The number of hydrogen-bond acceptors (Lipinski definition) is 3. The van der Waals surface area contributed by atoms with Gasteiger partial charge in [0.25, 0.3) is 0 Å². The summed E-state index contributed by atoms with van der Waals surface area (Å²) in [6.07, 6.45) is 1.79. The summed E-state index contributed by atoms with van der Waals surface area (Å²) in [7, 11) is -1.36. The van der Waals surface area contributed by atoms with Gasteiger partial charge in [-0.1, -0.05) is 75.1 Å². The van der Waals surface area contributed by atoms with E-state index in [-0.39, 0.29) is 5.92 Å². The topological polar surface area (TPSA) is 23.5 Å². The van der Waals surface area contributed by atoms with E-state index in [2.05, 4.69) is 86.1 Å². The third-order valence-electron chi connectivity index (χ3n) is 6.45. The van der Waals surface area contributed by atoms with Gasteiger partial charge in [-0.25, -0.2) is 0 Å². The van der Waals surface area contributed by atoms with E-state index in [1.165, 1.54) is 20.2 Å². The SMILES string of the molecule is CCC1CN(Cc2ccccc2)CCC1(O)c1cccc2cc([Si](C)(C)C)sc12. The fourth-order valence-corrected chi connectivity index (χ4v) is 7.79. The average molecular weight is 424 g/mol. The fourth-order valence-electron chi connectivity index (χ4n) is 4.67. The molecule has 0 bridgehead atoms. The maximum Gasteiger partial charge on any atom is 0.0962 e. The highest BCUT2D eigenvalue weighted by Gasteiger charge is 2.43. The summed E-state index contributed by atoms with van der Waals surface area (Å²) in [5.74, 6) is 0.253. The van der Waals surface area contributed by atoms with Crippen molar-refractivity contribution in [1.82, 2.24) is 4.90 Å². The van der Waals surface area contributed by atoms with Gasteiger partial charge in [0.1, 0.15) is 0 Å². The van der Waals surface area contributed by atoms with Crippen LogP contribution in [0.1, 0.15) is 30.9 Å². The number of fused-ring (bicyclic) bond motifs is 1. The molecule has 0 aliphatic carbocycles. The molecule has 1 aliphatic rings.